The number of ether oxygens (including phenoxy) is 1. The Hall–Kier alpha value is -1.92. The summed E-state index contributed by atoms with van der Waals surface area (Å²) in [6.07, 6.45) is -6.42. The lowest BCUT2D eigenvalue weighted by molar-refractivity contribution is -0.189. The van der Waals surface area contributed by atoms with E-state index in [0.717, 1.165) is 18.9 Å². The van der Waals surface area contributed by atoms with Gasteiger partial charge in [-0.05, 0) is 42.4 Å². The van der Waals surface area contributed by atoms with Crippen LogP contribution in [0, 0.1) is 11.3 Å². The van der Waals surface area contributed by atoms with E-state index in [-0.39, 0.29) is 17.1 Å². The maximum Gasteiger partial charge on any atom is 0.425 e. The minimum atomic E-state index is -4.39. The monoisotopic (exact) mass is 345 g/mol. The minimum Gasteiger partial charge on any atom is -0.481 e. The van der Waals surface area contributed by atoms with E-state index in [1.165, 1.54) is 17.0 Å². The summed E-state index contributed by atoms with van der Waals surface area (Å²) in [6.45, 7) is 6.17. The van der Waals surface area contributed by atoms with Gasteiger partial charge in [0, 0.05) is 13.1 Å². The molecule has 1 saturated heterocycles. The smallest absolute Gasteiger partial charge is 0.425 e. The molecule has 1 aromatic carbocycles. The summed E-state index contributed by atoms with van der Waals surface area (Å²) in [4.78, 5) is 12.2. The highest BCUT2D eigenvalue weighted by molar-refractivity contribution is 5.66. The van der Waals surface area contributed by atoms with E-state index in [0.29, 0.717) is 13.1 Å². The van der Waals surface area contributed by atoms with E-state index in [1.807, 2.05) is 0 Å². The van der Waals surface area contributed by atoms with Gasteiger partial charge in [-0.1, -0.05) is 26.0 Å². The highest BCUT2D eigenvalue weighted by Crippen LogP contribution is 2.37. The van der Waals surface area contributed by atoms with Crippen molar-refractivity contribution in [3.63, 3.8) is 0 Å². The van der Waals surface area contributed by atoms with Crippen molar-refractivity contribution in [3.05, 3.63) is 29.8 Å². The Morgan fingerprint density at radius 1 is 1.29 bits per heavy atom. The third-order valence-electron chi connectivity index (χ3n) is 4.61. The van der Waals surface area contributed by atoms with Crippen LogP contribution in [0.25, 0.3) is 0 Å². The largest absolute Gasteiger partial charge is 0.481 e. The molecule has 0 radical (unpaired) electrons. The van der Waals surface area contributed by atoms with Crippen LogP contribution in [0.4, 0.5) is 18.0 Å². The topological polar surface area (TPSA) is 49.8 Å². The molecule has 1 unspecified atom stereocenters. The van der Waals surface area contributed by atoms with E-state index >= 15 is 0 Å². The molecule has 1 heterocycles. The molecule has 2 rings (SSSR count). The number of benzene rings is 1. The molecule has 1 amide bonds. The number of alkyl halides is 3. The van der Waals surface area contributed by atoms with Gasteiger partial charge < -0.3 is 14.7 Å². The van der Waals surface area contributed by atoms with Crippen molar-refractivity contribution in [2.75, 3.05) is 13.1 Å². The zero-order valence-electron chi connectivity index (χ0n) is 13.9. The molecule has 1 aliphatic rings. The van der Waals surface area contributed by atoms with Crippen LogP contribution >= 0.6 is 0 Å². The first-order chi connectivity index (χ1) is 11.0. The summed E-state index contributed by atoms with van der Waals surface area (Å²) in [5, 5.41) is 8.90. The van der Waals surface area contributed by atoms with Crippen LogP contribution in [0.1, 0.15) is 26.3 Å². The molecule has 134 valence electrons. The number of halogens is 3. The first kappa shape index (κ1) is 18.4. The zero-order chi connectivity index (χ0) is 18.1. The average Bonchev–Trinajstić information content (AvgIpc) is 2.36. The Bertz CT molecular complexity index is 578. The fourth-order valence-electron chi connectivity index (χ4n) is 2.76. The Balaban J connectivity index is 1.93. The third kappa shape index (κ3) is 4.33. The Kier molecular flexibility index (Phi) is 5.01. The number of amides is 1. The molecule has 0 bridgehead atoms. The molecule has 1 atom stereocenters. The molecule has 0 spiro atoms. The lowest BCUT2D eigenvalue weighted by atomic mass is 9.71. The molecule has 1 fully saturated rings. The van der Waals surface area contributed by atoms with E-state index in [1.54, 1.807) is 12.1 Å². The second-order valence-corrected chi connectivity index (χ2v) is 7.00. The van der Waals surface area contributed by atoms with Gasteiger partial charge in [0.15, 0.2) is 6.10 Å². The average molecular weight is 345 g/mol. The normalized spacial score (nSPS) is 17.3. The molecular weight excluding hydrogens is 323 g/mol. The fraction of sp³-hybridized carbons (Fsp3) is 0.588. The summed E-state index contributed by atoms with van der Waals surface area (Å²) in [5.41, 5.74) is 0.897. The van der Waals surface area contributed by atoms with Gasteiger partial charge >= 0.3 is 12.3 Å². The zero-order valence-corrected chi connectivity index (χ0v) is 13.9. The molecule has 7 heteroatoms. The van der Waals surface area contributed by atoms with Gasteiger partial charge in [0.2, 0.25) is 0 Å². The molecule has 0 aliphatic carbocycles. The van der Waals surface area contributed by atoms with E-state index in [4.69, 9.17) is 9.84 Å². The number of nitrogens with zero attached hydrogens (tertiary/aromatic N) is 1. The van der Waals surface area contributed by atoms with Crippen molar-refractivity contribution >= 4 is 6.09 Å². The van der Waals surface area contributed by atoms with Crippen LogP contribution in [0.15, 0.2) is 24.3 Å². The van der Waals surface area contributed by atoms with Gasteiger partial charge in [-0.3, -0.25) is 0 Å². The molecule has 1 aromatic rings. The van der Waals surface area contributed by atoms with E-state index in [2.05, 4.69) is 13.8 Å². The van der Waals surface area contributed by atoms with Gasteiger partial charge in [-0.15, -0.1) is 0 Å². The first-order valence-electron chi connectivity index (χ1n) is 7.79. The highest BCUT2D eigenvalue weighted by Gasteiger charge is 2.41. The molecular formula is C17H22F3NO3. The van der Waals surface area contributed by atoms with Crippen molar-refractivity contribution < 1.29 is 27.8 Å². The highest BCUT2D eigenvalue weighted by atomic mass is 19.4. The predicted molar refractivity (Wildman–Crippen MR) is 83.2 cm³/mol. The maximum atomic E-state index is 12.5. The quantitative estimate of drug-likeness (QED) is 0.870. The second-order valence-electron chi connectivity index (χ2n) is 7.00. The van der Waals surface area contributed by atoms with Crippen LogP contribution in [0.3, 0.4) is 0 Å². The molecule has 0 aromatic heterocycles. The summed E-state index contributed by atoms with van der Waals surface area (Å²) in [5.74, 6) is 0.455. The van der Waals surface area contributed by atoms with Crippen molar-refractivity contribution in [1.29, 1.82) is 0 Å². The van der Waals surface area contributed by atoms with Gasteiger partial charge in [0.25, 0.3) is 0 Å². The summed E-state index contributed by atoms with van der Waals surface area (Å²) in [7, 11) is 0. The van der Waals surface area contributed by atoms with E-state index < -0.39 is 18.4 Å². The summed E-state index contributed by atoms with van der Waals surface area (Å²) in [6, 6.07) is 6.59. The number of rotatable bonds is 5. The van der Waals surface area contributed by atoms with Gasteiger partial charge in [0.1, 0.15) is 5.75 Å². The van der Waals surface area contributed by atoms with Gasteiger partial charge in [0.05, 0.1) is 0 Å². The third-order valence-corrected chi connectivity index (χ3v) is 4.61. The lowest BCUT2D eigenvalue weighted by Crippen LogP contribution is -2.55. The van der Waals surface area contributed by atoms with Crippen molar-refractivity contribution in [3.8, 4) is 5.75 Å². The molecule has 0 saturated carbocycles. The van der Waals surface area contributed by atoms with Crippen LogP contribution in [-0.2, 0) is 6.42 Å². The SMILES string of the molecule is CC(Oc1ccc(CC(C)(C)C2CN(C(=O)O)C2)cc1)C(F)(F)F. The molecule has 24 heavy (non-hydrogen) atoms. The minimum absolute atomic E-state index is 0.0897. The number of carboxylic acid groups (broad SMARTS) is 1. The number of hydrogen-bond donors (Lipinski definition) is 1. The Labute approximate surface area is 139 Å². The molecule has 1 N–H and O–H groups in total. The first-order valence-corrected chi connectivity index (χ1v) is 7.79. The number of likely N-dealkylation sites (tertiary alicyclic amines) is 1. The predicted octanol–water partition coefficient (Wildman–Crippen LogP) is 4.19. The Morgan fingerprint density at radius 2 is 1.83 bits per heavy atom. The van der Waals surface area contributed by atoms with Crippen LogP contribution in [0.5, 0.6) is 5.75 Å². The Morgan fingerprint density at radius 3 is 2.29 bits per heavy atom. The van der Waals surface area contributed by atoms with Crippen LogP contribution in [-0.4, -0.2) is 41.5 Å². The van der Waals surface area contributed by atoms with E-state index in [9.17, 15) is 18.0 Å². The maximum absolute atomic E-state index is 12.5. The lowest BCUT2D eigenvalue weighted by Gasteiger charge is -2.46. The van der Waals surface area contributed by atoms with Gasteiger partial charge in [-0.25, -0.2) is 4.79 Å². The van der Waals surface area contributed by atoms with Crippen molar-refractivity contribution in [1.82, 2.24) is 4.90 Å². The molecule has 4 nitrogen and oxygen atoms in total. The van der Waals surface area contributed by atoms with Crippen molar-refractivity contribution in [2.45, 2.75) is 39.5 Å². The molecule has 1 aliphatic heterocycles. The standard InChI is InChI=1S/C17H22F3NO3/c1-11(17(18,19)20)24-14-6-4-12(5-7-14)8-16(2,3)13-9-21(10-13)15(22)23/h4-7,11,13H,8-10H2,1-3H3,(H,22,23). The van der Waals surface area contributed by atoms with Crippen LogP contribution in [0.2, 0.25) is 0 Å². The fourth-order valence-corrected chi connectivity index (χ4v) is 2.76. The summed E-state index contributed by atoms with van der Waals surface area (Å²) >= 11 is 0. The van der Waals surface area contributed by atoms with Crippen LogP contribution < -0.4 is 4.74 Å². The number of hydrogen-bond acceptors (Lipinski definition) is 2. The summed E-state index contributed by atoms with van der Waals surface area (Å²) < 4.78 is 42.4. The number of carbonyl (C=O) groups is 1. The van der Waals surface area contributed by atoms with Gasteiger partial charge in [-0.2, -0.15) is 13.2 Å². The second kappa shape index (κ2) is 6.53. The van der Waals surface area contributed by atoms with Crippen molar-refractivity contribution in [2.24, 2.45) is 11.3 Å².